The van der Waals surface area contributed by atoms with Crippen molar-refractivity contribution in [1.82, 2.24) is 5.32 Å². The Morgan fingerprint density at radius 3 is 2.56 bits per heavy atom. The van der Waals surface area contributed by atoms with E-state index in [-0.39, 0.29) is 0 Å². The molecular formula is C13H18N2S. The van der Waals surface area contributed by atoms with Crippen molar-refractivity contribution in [3.63, 3.8) is 0 Å². The first-order chi connectivity index (χ1) is 7.79. The van der Waals surface area contributed by atoms with E-state index < -0.39 is 5.54 Å². The standard InChI is InChI=1S/C13H18N2S/c1-3-9-16-11-13(10-14,15-2)12-7-5-4-6-8-12/h4-8,15H,3,9,11H2,1-2H3. The quantitative estimate of drug-likeness (QED) is 0.769. The highest BCUT2D eigenvalue weighted by Crippen LogP contribution is 2.25. The molecule has 0 bridgehead atoms. The molecule has 1 unspecified atom stereocenters. The van der Waals surface area contributed by atoms with Crippen molar-refractivity contribution in [2.75, 3.05) is 18.6 Å². The number of rotatable bonds is 6. The van der Waals surface area contributed by atoms with E-state index in [4.69, 9.17) is 0 Å². The second-order valence-electron chi connectivity index (χ2n) is 3.69. The summed E-state index contributed by atoms with van der Waals surface area (Å²) in [5, 5.41) is 12.6. The molecule has 1 rings (SSSR count). The summed E-state index contributed by atoms with van der Waals surface area (Å²) in [6.07, 6.45) is 1.14. The summed E-state index contributed by atoms with van der Waals surface area (Å²) in [7, 11) is 1.85. The molecule has 1 N–H and O–H groups in total. The first-order valence-electron chi connectivity index (χ1n) is 5.52. The van der Waals surface area contributed by atoms with Crippen molar-refractivity contribution in [3.8, 4) is 6.07 Å². The molecular weight excluding hydrogens is 216 g/mol. The van der Waals surface area contributed by atoms with Gasteiger partial charge in [0.25, 0.3) is 0 Å². The van der Waals surface area contributed by atoms with Crippen LogP contribution in [0.1, 0.15) is 18.9 Å². The molecule has 2 nitrogen and oxygen atoms in total. The van der Waals surface area contributed by atoms with Gasteiger partial charge >= 0.3 is 0 Å². The average molecular weight is 234 g/mol. The van der Waals surface area contributed by atoms with Crippen LogP contribution in [0, 0.1) is 11.3 Å². The Morgan fingerprint density at radius 2 is 2.06 bits per heavy atom. The van der Waals surface area contributed by atoms with Crippen LogP contribution in [0.15, 0.2) is 30.3 Å². The molecule has 0 saturated carbocycles. The molecule has 0 aromatic heterocycles. The van der Waals surface area contributed by atoms with Gasteiger partial charge in [-0.15, -0.1) is 0 Å². The van der Waals surface area contributed by atoms with E-state index in [2.05, 4.69) is 18.3 Å². The van der Waals surface area contributed by atoms with Gasteiger partial charge in [-0.2, -0.15) is 17.0 Å². The number of nitriles is 1. The lowest BCUT2D eigenvalue weighted by Gasteiger charge is -2.26. The fraction of sp³-hybridized carbons (Fsp3) is 0.462. The number of hydrogen-bond acceptors (Lipinski definition) is 3. The molecule has 0 fully saturated rings. The van der Waals surface area contributed by atoms with Crippen LogP contribution in [-0.2, 0) is 5.54 Å². The van der Waals surface area contributed by atoms with Crippen LogP contribution in [0.25, 0.3) is 0 Å². The molecule has 3 heteroatoms. The molecule has 16 heavy (non-hydrogen) atoms. The van der Waals surface area contributed by atoms with Gasteiger partial charge in [0.2, 0.25) is 0 Å². The third-order valence-electron chi connectivity index (χ3n) is 2.55. The van der Waals surface area contributed by atoms with Crippen molar-refractivity contribution >= 4 is 11.8 Å². The van der Waals surface area contributed by atoms with Gasteiger partial charge < -0.3 is 0 Å². The Balaban J connectivity index is 2.85. The van der Waals surface area contributed by atoms with Crippen molar-refractivity contribution in [1.29, 1.82) is 5.26 Å². The van der Waals surface area contributed by atoms with Gasteiger partial charge in [-0.25, -0.2) is 0 Å². The molecule has 1 aromatic rings. The molecule has 0 aliphatic rings. The molecule has 0 aliphatic carbocycles. The second kappa shape index (κ2) is 6.57. The molecule has 0 heterocycles. The van der Waals surface area contributed by atoms with E-state index in [1.54, 1.807) is 0 Å². The van der Waals surface area contributed by atoms with Crippen LogP contribution >= 0.6 is 11.8 Å². The van der Waals surface area contributed by atoms with Crippen molar-refractivity contribution in [3.05, 3.63) is 35.9 Å². The summed E-state index contributed by atoms with van der Waals surface area (Å²) >= 11 is 1.82. The van der Waals surface area contributed by atoms with E-state index in [1.165, 1.54) is 0 Å². The molecule has 1 atom stereocenters. The zero-order valence-corrected chi connectivity index (χ0v) is 10.7. The van der Waals surface area contributed by atoms with Crippen LogP contribution < -0.4 is 5.32 Å². The zero-order chi connectivity index (χ0) is 11.9. The highest BCUT2D eigenvalue weighted by molar-refractivity contribution is 7.99. The lowest BCUT2D eigenvalue weighted by molar-refractivity contribution is 0.528. The largest absolute Gasteiger partial charge is 0.298 e. The van der Waals surface area contributed by atoms with Crippen LogP contribution in [0.4, 0.5) is 0 Å². The van der Waals surface area contributed by atoms with Crippen molar-refractivity contribution in [2.45, 2.75) is 18.9 Å². The van der Waals surface area contributed by atoms with E-state index in [1.807, 2.05) is 49.1 Å². The minimum atomic E-state index is -0.554. The third-order valence-corrected chi connectivity index (χ3v) is 3.89. The van der Waals surface area contributed by atoms with E-state index in [0.29, 0.717) is 0 Å². The SMILES string of the molecule is CCCSCC(C#N)(NC)c1ccccc1. The molecule has 0 amide bonds. The highest BCUT2D eigenvalue weighted by atomic mass is 32.2. The predicted molar refractivity (Wildman–Crippen MR) is 70.4 cm³/mol. The van der Waals surface area contributed by atoms with Gasteiger partial charge in [0, 0.05) is 5.75 Å². The Labute approximate surface area is 102 Å². The van der Waals surface area contributed by atoms with Crippen molar-refractivity contribution < 1.29 is 0 Å². The zero-order valence-electron chi connectivity index (χ0n) is 9.86. The first kappa shape index (κ1) is 13.1. The topological polar surface area (TPSA) is 35.8 Å². The minimum Gasteiger partial charge on any atom is -0.298 e. The molecule has 0 spiro atoms. The molecule has 86 valence electrons. The number of hydrogen-bond donors (Lipinski definition) is 1. The number of nitrogens with one attached hydrogen (secondary N) is 1. The molecule has 0 radical (unpaired) electrons. The smallest absolute Gasteiger partial charge is 0.141 e. The molecule has 0 saturated heterocycles. The number of nitrogens with zero attached hydrogens (tertiary/aromatic N) is 1. The second-order valence-corrected chi connectivity index (χ2v) is 4.79. The molecule has 1 aromatic carbocycles. The Bertz CT molecular complexity index is 345. The highest BCUT2D eigenvalue weighted by Gasteiger charge is 2.29. The Kier molecular flexibility index (Phi) is 5.37. The van der Waals surface area contributed by atoms with Gasteiger partial charge in [-0.1, -0.05) is 37.3 Å². The average Bonchev–Trinajstić information content (AvgIpc) is 2.36. The maximum Gasteiger partial charge on any atom is 0.141 e. The Morgan fingerprint density at radius 1 is 1.38 bits per heavy atom. The summed E-state index contributed by atoms with van der Waals surface area (Å²) in [4.78, 5) is 0. The number of thioether (sulfide) groups is 1. The fourth-order valence-corrected chi connectivity index (χ4v) is 2.66. The summed E-state index contributed by atoms with van der Waals surface area (Å²) in [5.41, 5.74) is 0.491. The van der Waals surface area contributed by atoms with Crippen LogP contribution in [-0.4, -0.2) is 18.6 Å². The lowest BCUT2D eigenvalue weighted by Crippen LogP contribution is -2.41. The fourth-order valence-electron chi connectivity index (χ4n) is 1.54. The van der Waals surface area contributed by atoms with Crippen LogP contribution in [0.5, 0.6) is 0 Å². The van der Waals surface area contributed by atoms with Crippen LogP contribution in [0.2, 0.25) is 0 Å². The van der Waals surface area contributed by atoms with E-state index >= 15 is 0 Å². The Hall–Kier alpha value is -0.980. The van der Waals surface area contributed by atoms with Gasteiger partial charge in [-0.05, 0) is 24.8 Å². The third kappa shape index (κ3) is 3.01. The lowest BCUT2D eigenvalue weighted by atomic mass is 9.94. The monoisotopic (exact) mass is 234 g/mol. The summed E-state index contributed by atoms with van der Waals surface area (Å²) in [5.74, 6) is 1.88. The maximum absolute atomic E-state index is 9.40. The van der Waals surface area contributed by atoms with E-state index in [9.17, 15) is 5.26 Å². The van der Waals surface area contributed by atoms with E-state index in [0.717, 1.165) is 23.5 Å². The van der Waals surface area contributed by atoms with Gasteiger partial charge in [0.1, 0.15) is 5.54 Å². The van der Waals surface area contributed by atoms with Gasteiger partial charge in [0.05, 0.1) is 6.07 Å². The van der Waals surface area contributed by atoms with Crippen molar-refractivity contribution in [2.24, 2.45) is 0 Å². The first-order valence-corrected chi connectivity index (χ1v) is 6.68. The summed E-state index contributed by atoms with van der Waals surface area (Å²) in [6, 6.07) is 12.3. The van der Waals surface area contributed by atoms with Gasteiger partial charge in [-0.3, -0.25) is 5.32 Å². The van der Waals surface area contributed by atoms with Gasteiger partial charge in [0.15, 0.2) is 0 Å². The minimum absolute atomic E-state index is 0.554. The summed E-state index contributed by atoms with van der Waals surface area (Å²) in [6.45, 7) is 2.16. The normalized spacial score (nSPS) is 14.1. The predicted octanol–water partition coefficient (Wildman–Crippen LogP) is 2.77. The van der Waals surface area contributed by atoms with Crippen LogP contribution in [0.3, 0.4) is 0 Å². The number of benzene rings is 1. The summed E-state index contributed by atoms with van der Waals surface area (Å²) < 4.78 is 0. The molecule has 0 aliphatic heterocycles. The maximum atomic E-state index is 9.40.